The minimum atomic E-state index is -0.580. The van der Waals surface area contributed by atoms with E-state index < -0.39 is 6.04 Å². The van der Waals surface area contributed by atoms with Crippen molar-refractivity contribution in [1.29, 1.82) is 0 Å². The molecule has 4 rings (SSSR count). The highest BCUT2D eigenvalue weighted by atomic mass is 16.5. The lowest BCUT2D eigenvalue weighted by Gasteiger charge is -2.25. The lowest BCUT2D eigenvalue weighted by Crippen LogP contribution is -2.30. The maximum atomic E-state index is 13.3. The molecule has 0 saturated carbocycles. The Bertz CT molecular complexity index is 1120. The lowest BCUT2D eigenvalue weighted by molar-refractivity contribution is 0.0728. The first-order valence-corrected chi connectivity index (χ1v) is 9.39. The quantitative estimate of drug-likeness (QED) is 0.728. The smallest absolute Gasteiger partial charge is 0.290 e. The predicted octanol–water partition coefficient (Wildman–Crippen LogP) is 3.85. The van der Waals surface area contributed by atoms with E-state index in [9.17, 15) is 14.7 Å². The second kappa shape index (κ2) is 7.03. The zero-order chi connectivity index (χ0) is 19.8. The van der Waals surface area contributed by atoms with Crippen LogP contribution in [0, 0.1) is 0 Å². The molecule has 1 N–H and O–H groups in total. The molecule has 3 aromatic rings. The van der Waals surface area contributed by atoms with Crippen molar-refractivity contribution in [2.24, 2.45) is 0 Å². The van der Waals surface area contributed by atoms with Crippen molar-refractivity contribution < 1.29 is 19.1 Å². The number of hydrogen-bond acceptors (Lipinski definition) is 5. The van der Waals surface area contributed by atoms with Gasteiger partial charge in [-0.3, -0.25) is 9.59 Å². The summed E-state index contributed by atoms with van der Waals surface area (Å²) in [6.45, 7) is 4.67. The Hall–Kier alpha value is -3.28. The standard InChI is InChI=1S/C22H21NO5/c1-3-11-23-19(13-9-10-15(24)17(12-13)27-4-2)18-20(25)14-7-5-6-8-16(14)28-21(18)22(23)26/h5-10,12,19,24H,3-4,11H2,1-2H3. The number of para-hydroxylation sites is 1. The van der Waals surface area contributed by atoms with Crippen LogP contribution in [0.1, 0.15) is 48.0 Å². The van der Waals surface area contributed by atoms with Gasteiger partial charge in [-0.2, -0.15) is 0 Å². The SMILES string of the molecule is CCCN1C(=O)c2oc3ccccc3c(=O)c2C1c1ccc(O)c(OCC)c1. The summed E-state index contributed by atoms with van der Waals surface area (Å²) in [6.07, 6.45) is 0.736. The topological polar surface area (TPSA) is 80.0 Å². The summed E-state index contributed by atoms with van der Waals surface area (Å²) in [4.78, 5) is 28.0. The molecule has 2 aromatic carbocycles. The van der Waals surface area contributed by atoms with E-state index >= 15 is 0 Å². The summed E-state index contributed by atoms with van der Waals surface area (Å²) in [6, 6.07) is 11.3. The van der Waals surface area contributed by atoms with Gasteiger partial charge in [-0.15, -0.1) is 0 Å². The molecular formula is C22H21NO5. The average Bonchev–Trinajstić information content (AvgIpc) is 2.97. The molecule has 0 aliphatic carbocycles. The number of phenols is 1. The van der Waals surface area contributed by atoms with Gasteiger partial charge in [-0.25, -0.2) is 0 Å². The van der Waals surface area contributed by atoms with Crippen molar-refractivity contribution >= 4 is 16.9 Å². The second-order valence-corrected chi connectivity index (χ2v) is 6.73. The van der Waals surface area contributed by atoms with Crippen LogP contribution >= 0.6 is 0 Å². The number of carbonyl (C=O) groups excluding carboxylic acids is 1. The summed E-state index contributed by atoms with van der Waals surface area (Å²) < 4.78 is 11.3. The molecule has 1 atom stereocenters. The zero-order valence-electron chi connectivity index (χ0n) is 15.8. The zero-order valence-corrected chi connectivity index (χ0v) is 15.8. The van der Waals surface area contributed by atoms with Crippen molar-refractivity contribution in [2.45, 2.75) is 26.3 Å². The molecule has 144 valence electrons. The second-order valence-electron chi connectivity index (χ2n) is 6.73. The number of amides is 1. The lowest BCUT2D eigenvalue weighted by atomic mass is 9.98. The number of phenolic OH excluding ortho intramolecular Hbond substituents is 1. The van der Waals surface area contributed by atoms with Crippen molar-refractivity contribution in [3.63, 3.8) is 0 Å². The summed E-state index contributed by atoms with van der Waals surface area (Å²) in [7, 11) is 0. The maximum Gasteiger partial charge on any atom is 0.290 e. The molecule has 6 nitrogen and oxygen atoms in total. The molecule has 1 aliphatic heterocycles. The van der Waals surface area contributed by atoms with Crippen molar-refractivity contribution in [3.8, 4) is 11.5 Å². The molecule has 1 unspecified atom stereocenters. The third-order valence-electron chi connectivity index (χ3n) is 4.94. The molecule has 0 fully saturated rings. The van der Waals surface area contributed by atoms with E-state index in [1.54, 1.807) is 41.3 Å². The fraction of sp³-hybridized carbons (Fsp3) is 0.273. The third kappa shape index (κ3) is 2.72. The van der Waals surface area contributed by atoms with Crippen LogP contribution in [0.2, 0.25) is 0 Å². The van der Waals surface area contributed by atoms with E-state index in [2.05, 4.69) is 0 Å². The Balaban J connectivity index is 1.96. The average molecular weight is 379 g/mol. The van der Waals surface area contributed by atoms with E-state index in [0.29, 0.717) is 41.0 Å². The molecule has 28 heavy (non-hydrogen) atoms. The molecule has 0 spiro atoms. The molecular weight excluding hydrogens is 358 g/mol. The molecule has 0 radical (unpaired) electrons. The summed E-state index contributed by atoms with van der Waals surface area (Å²) in [5.41, 5.74) is 1.23. The molecule has 6 heteroatoms. The normalized spacial score (nSPS) is 15.9. The van der Waals surface area contributed by atoms with E-state index in [1.807, 2.05) is 13.8 Å². The number of hydrogen-bond donors (Lipinski definition) is 1. The van der Waals surface area contributed by atoms with E-state index in [0.717, 1.165) is 6.42 Å². The van der Waals surface area contributed by atoms with Crippen LogP contribution in [0.5, 0.6) is 11.5 Å². The fourth-order valence-electron chi connectivity index (χ4n) is 3.76. The number of benzene rings is 2. The summed E-state index contributed by atoms with van der Waals surface area (Å²) in [5.74, 6) is 0.134. The molecule has 2 heterocycles. The molecule has 1 aromatic heterocycles. The number of rotatable bonds is 5. The van der Waals surface area contributed by atoms with Crippen LogP contribution < -0.4 is 10.2 Å². The molecule has 1 amide bonds. The minimum Gasteiger partial charge on any atom is -0.504 e. The maximum absolute atomic E-state index is 13.3. The van der Waals surface area contributed by atoms with Gasteiger partial charge in [0.05, 0.1) is 23.6 Å². The van der Waals surface area contributed by atoms with Gasteiger partial charge >= 0.3 is 0 Å². The number of carbonyl (C=O) groups is 1. The first-order chi connectivity index (χ1) is 13.6. The monoisotopic (exact) mass is 379 g/mol. The summed E-state index contributed by atoms with van der Waals surface area (Å²) in [5, 5.41) is 10.5. The Morgan fingerprint density at radius 1 is 1.14 bits per heavy atom. The number of ether oxygens (including phenoxy) is 1. The molecule has 0 bridgehead atoms. The first kappa shape index (κ1) is 18.1. The molecule has 1 aliphatic rings. The van der Waals surface area contributed by atoms with E-state index in [1.165, 1.54) is 6.07 Å². The third-order valence-corrected chi connectivity index (χ3v) is 4.94. The number of nitrogens with zero attached hydrogens (tertiary/aromatic N) is 1. The van der Waals surface area contributed by atoms with Gasteiger partial charge in [-0.1, -0.05) is 25.1 Å². The highest BCUT2D eigenvalue weighted by molar-refractivity contribution is 5.99. The number of fused-ring (bicyclic) bond motifs is 2. The van der Waals surface area contributed by atoms with Gasteiger partial charge in [0.2, 0.25) is 5.76 Å². The van der Waals surface area contributed by atoms with Crippen LogP contribution in [0.4, 0.5) is 0 Å². The highest BCUT2D eigenvalue weighted by Crippen LogP contribution is 2.40. The largest absolute Gasteiger partial charge is 0.504 e. The van der Waals surface area contributed by atoms with Crippen LogP contribution in [0.25, 0.3) is 11.0 Å². The van der Waals surface area contributed by atoms with Crippen LogP contribution in [0.3, 0.4) is 0 Å². The van der Waals surface area contributed by atoms with Crippen molar-refractivity contribution in [3.05, 3.63) is 69.6 Å². The Labute approximate surface area is 162 Å². The van der Waals surface area contributed by atoms with Gasteiger partial charge in [-0.05, 0) is 43.2 Å². The van der Waals surface area contributed by atoms with Crippen LogP contribution in [-0.2, 0) is 0 Å². The first-order valence-electron chi connectivity index (χ1n) is 9.39. The van der Waals surface area contributed by atoms with Crippen LogP contribution in [-0.4, -0.2) is 29.1 Å². The Morgan fingerprint density at radius 3 is 2.68 bits per heavy atom. The van der Waals surface area contributed by atoms with Crippen molar-refractivity contribution in [1.82, 2.24) is 4.90 Å². The molecule has 0 saturated heterocycles. The summed E-state index contributed by atoms with van der Waals surface area (Å²) >= 11 is 0. The van der Waals surface area contributed by atoms with Gasteiger partial charge in [0, 0.05) is 6.54 Å². The van der Waals surface area contributed by atoms with Crippen LogP contribution in [0.15, 0.2) is 51.7 Å². The van der Waals surface area contributed by atoms with Gasteiger partial charge in [0.25, 0.3) is 5.91 Å². The Kier molecular flexibility index (Phi) is 4.55. The van der Waals surface area contributed by atoms with Crippen molar-refractivity contribution in [2.75, 3.05) is 13.2 Å². The van der Waals surface area contributed by atoms with Gasteiger partial charge < -0.3 is 19.2 Å². The van der Waals surface area contributed by atoms with E-state index in [4.69, 9.17) is 9.15 Å². The predicted molar refractivity (Wildman–Crippen MR) is 105 cm³/mol. The fourth-order valence-corrected chi connectivity index (χ4v) is 3.76. The Morgan fingerprint density at radius 2 is 1.93 bits per heavy atom. The number of aromatic hydroxyl groups is 1. The van der Waals surface area contributed by atoms with E-state index in [-0.39, 0.29) is 22.8 Å². The van der Waals surface area contributed by atoms with Gasteiger partial charge in [0.1, 0.15) is 5.58 Å². The van der Waals surface area contributed by atoms with Gasteiger partial charge in [0.15, 0.2) is 16.9 Å². The highest BCUT2D eigenvalue weighted by Gasteiger charge is 2.42. The minimum absolute atomic E-state index is 0.0164.